The molecule has 1 rings (SSSR count). The summed E-state index contributed by atoms with van der Waals surface area (Å²) in [5, 5.41) is 2.36. The lowest BCUT2D eigenvalue weighted by Gasteiger charge is -2.25. The smallest absolute Gasteiger partial charge is 0.242 e. The van der Waals surface area contributed by atoms with Gasteiger partial charge in [0.15, 0.2) is 0 Å². The first-order valence-electron chi connectivity index (χ1n) is 6.90. The molecule has 1 atom stereocenters. The SMILES string of the molecule is CC(C)C(CNC(=O)C(Cl)c1ccccc1)C(C)C. The van der Waals surface area contributed by atoms with E-state index in [1.165, 1.54) is 0 Å². The zero-order chi connectivity index (χ0) is 14.4. The molecule has 106 valence electrons. The first kappa shape index (κ1) is 16.0. The summed E-state index contributed by atoms with van der Waals surface area (Å²) in [7, 11) is 0. The Morgan fingerprint density at radius 3 is 2.11 bits per heavy atom. The van der Waals surface area contributed by atoms with Gasteiger partial charge in [-0.3, -0.25) is 4.79 Å². The van der Waals surface area contributed by atoms with E-state index in [1.54, 1.807) is 0 Å². The van der Waals surface area contributed by atoms with Crippen LogP contribution < -0.4 is 5.32 Å². The summed E-state index contributed by atoms with van der Waals surface area (Å²) < 4.78 is 0. The van der Waals surface area contributed by atoms with Gasteiger partial charge in [-0.25, -0.2) is 0 Å². The van der Waals surface area contributed by atoms with E-state index in [9.17, 15) is 4.79 Å². The Kier molecular flexibility index (Phi) is 6.36. The topological polar surface area (TPSA) is 29.1 Å². The van der Waals surface area contributed by atoms with E-state index in [-0.39, 0.29) is 5.91 Å². The maximum absolute atomic E-state index is 12.1. The molecule has 1 amide bonds. The van der Waals surface area contributed by atoms with Crippen molar-refractivity contribution in [1.82, 2.24) is 5.32 Å². The molecule has 0 heterocycles. The molecule has 1 unspecified atom stereocenters. The molecule has 0 saturated carbocycles. The molecule has 19 heavy (non-hydrogen) atoms. The molecule has 0 fully saturated rings. The van der Waals surface area contributed by atoms with Gasteiger partial charge in [0.25, 0.3) is 0 Å². The van der Waals surface area contributed by atoms with Gasteiger partial charge in [0.05, 0.1) is 0 Å². The van der Waals surface area contributed by atoms with Gasteiger partial charge in [-0.15, -0.1) is 11.6 Å². The van der Waals surface area contributed by atoms with Crippen LogP contribution in [0.25, 0.3) is 0 Å². The van der Waals surface area contributed by atoms with Crippen molar-refractivity contribution in [1.29, 1.82) is 0 Å². The van der Waals surface area contributed by atoms with Crippen LogP contribution in [0.3, 0.4) is 0 Å². The third kappa shape index (κ3) is 4.87. The van der Waals surface area contributed by atoms with Gasteiger partial charge in [0.2, 0.25) is 5.91 Å². The Morgan fingerprint density at radius 2 is 1.63 bits per heavy atom. The quantitative estimate of drug-likeness (QED) is 0.784. The van der Waals surface area contributed by atoms with Crippen LogP contribution in [-0.4, -0.2) is 12.5 Å². The van der Waals surface area contributed by atoms with Gasteiger partial charge in [0, 0.05) is 6.54 Å². The number of alkyl halides is 1. The summed E-state index contributed by atoms with van der Waals surface area (Å²) in [6.45, 7) is 9.43. The molecule has 0 aliphatic heterocycles. The molecule has 0 aliphatic carbocycles. The fraction of sp³-hybridized carbons (Fsp3) is 0.562. The third-order valence-electron chi connectivity index (χ3n) is 3.55. The first-order chi connectivity index (χ1) is 8.93. The van der Waals surface area contributed by atoms with Crippen molar-refractivity contribution in [3.63, 3.8) is 0 Å². The van der Waals surface area contributed by atoms with Gasteiger partial charge in [-0.1, -0.05) is 58.0 Å². The van der Waals surface area contributed by atoms with Gasteiger partial charge >= 0.3 is 0 Å². The fourth-order valence-electron chi connectivity index (χ4n) is 2.32. The maximum atomic E-state index is 12.1. The fourth-order valence-corrected chi connectivity index (χ4v) is 2.55. The van der Waals surface area contributed by atoms with Gasteiger partial charge in [-0.05, 0) is 23.3 Å². The van der Waals surface area contributed by atoms with Crippen molar-refractivity contribution >= 4 is 17.5 Å². The number of carbonyl (C=O) groups is 1. The van der Waals surface area contributed by atoms with Crippen molar-refractivity contribution in [2.24, 2.45) is 17.8 Å². The van der Waals surface area contributed by atoms with Crippen LogP contribution in [0.2, 0.25) is 0 Å². The van der Waals surface area contributed by atoms with E-state index in [0.29, 0.717) is 24.3 Å². The molecular formula is C16H24ClNO. The predicted octanol–water partition coefficient (Wildman–Crippen LogP) is 4.01. The minimum absolute atomic E-state index is 0.112. The van der Waals surface area contributed by atoms with E-state index < -0.39 is 5.38 Å². The molecule has 0 spiro atoms. The van der Waals surface area contributed by atoms with Crippen LogP contribution in [0.1, 0.15) is 38.6 Å². The second-order valence-corrected chi connectivity index (χ2v) is 6.11. The zero-order valence-electron chi connectivity index (χ0n) is 12.2. The normalized spacial score (nSPS) is 13.1. The number of hydrogen-bond donors (Lipinski definition) is 1. The van der Waals surface area contributed by atoms with Crippen molar-refractivity contribution in [2.45, 2.75) is 33.1 Å². The van der Waals surface area contributed by atoms with Crippen LogP contribution in [-0.2, 0) is 4.79 Å². The number of rotatable bonds is 6. The third-order valence-corrected chi connectivity index (χ3v) is 4.00. The number of halogens is 1. The summed E-state index contributed by atoms with van der Waals surface area (Å²) in [6, 6.07) is 9.45. The minimum atomic E-state index is -0.610. The van der Waals surface area contributed by atoms with E-state index in [0.717, 1.165) is 5.56 Å². The molecule has 2 nitrogen and oxygen atoms in total. The highest BCUT2D eigenvalue weighted by molar-refractivity contribution is 6.30. The number of nitrogens with one attached hydrogen (secondary N) is 1. The molecule has 0 radical (unpaired) electrons. The van der Waals surface area contributed by atoms with Crippen molar-refractivity contribution in [3.8, 4) is 0 Å². The molecule has 0 saturated heterocycles. The van der Waals surface area contributed by atoms with E-state index in [1.807, 2.05) is 30.3 Å². The Hall–Kier alpha value is -1.02. The summed E-state index contributed by atoms with van der Waals surface area (Å²) in [5.74, 6) is 1.46. The first-order valence-corrected chi connectivity index (χ1v) is 7.33. The average molecular weight is 282 g/mol. The summed E-state index contributed by atoms with van der Waals surface area (Å²) in [5.41, 5.74) is 0.840. The highest BCUT2D eigenvalue weighted by Gasteiger charge is 2.21. The minimum Gasteiger partial charge on any atom is -0.354 e. The van der Waals surface area contributed by atoms with Crippen LogP contribution >= 0.6 is 11.6 Å². The van der Waals surface area contributed by atoms with Crippen LogP contribution in [0, 0.1) is 17.8 Å². The Balaban J connectivity index is 2.56. The van der Waals surface area contributed by atoms with Crippen LogP contribution in [0.15, 0.2) is 30.3 Å². The molecule has 0 aliphatic rings. The van der Waals surface area contributed by atoms with Gasteiger partial charge in [-0.2, -0.15) is 0 Å². The van der Waals surface area contributed by atoms with Crippen molar-refractivity contribution < 1.29 is 4.79 Å². The lowest BCUT2D eigenvalue weighted by Crippen LogP contribution is -2.35. The van der Waals surface area contributed by atoms with E-state index in [4.69, 9.17) is 11.6 Å². The monoisotopic (exact) mass is 281 g/mol. The lowest BCUT2D eigenvalue weighted by molar-refractivity contribution is -0.121. The lowest BCUT2D eigenvalue weighted by atomic mass is 9.85. The summed E-state index contributed by atoms with van der Waals surface area (Å²) in [6.07, 6.45) is 0. The largest absolute Gasteiger partial charge is 0.354 e. The van der Waals surface area contributed by atoms with Crippen molar-refractivity contribution in [3.05, 3.63) is 35.9 Å². The molecular weight excluding hydrogens is 258 g/mol. The molecule has 0 bridgehead atoms. The number of hydrogen-bond acceptors (Lipinski definition) is 1. The second kappa shape index (κ2) is 7.54. The maximum Gasteiger partial charge on any atom is 0.242 e. The molecule has 3 heteroatoms. The number of amides is 1. The van der Waals surface area contributed by atoms with Crippen LogP contribution in [0.5, 0.6) is 0 Å². The number of carbonyl (C=O) groups excluding carboxylic acids is 1. The van der Waals surface area contributed by atoms with Gasteiger partial charge in [0.1, 0.15) is 5.38 Å². The standard InChI is InChI=1S/C16H24ClNO/c1-11(2)14(12(3)4)10-18-16(19)15(17)13-8-6-5-7-9-13/h5-9,11-12,14-15H,10H2,1-4H3,(H,18,19). The van der Waals surface area contributed by atoms with E-state index in [2.05, 4.69) is 33.0 Å². The second-order valence-electron chi connectivity index (χ2n) is 5.67. The van der Waals surface area contributed by atoms with Crippen molar-refractivity contribution in [2.75, 3.05) is 6.54 Å². The highest BCUT2D eigenvalue weighted by Crippen LogP contribution is 2.22. The Labute approximate surface area is 121 Å². The summed E-state index contributed by atoms with van der Waals surface area (Å²) in [4.78, 5) is 12.1. The summed E-state index contributed by atoms with van der Waals surface area (Å²) >= 11 is 6.19. The zero-order valence-corrected chi connectivity index (χ0v) is 12.9. The van der Waals surface area contributed by atoms with Gasteiger partial charge < -0.3 is 5.32 Å². The Morgan fingerprint density at radius 1 is 1.11 bits per heavy atom. The Bertz CT molecular complexity index is 381. The number of benzene rings is 1. The average Bonchev–Trinajstić information content (AvgIpc) is 2.38. The molecule has 0 aromatic heterocycles. The molecule has 1 aromatic rings. The van der Waals surface area contributed by atoms with E-state index >= 15 is 0 Å². The highest BCUT2D eigenvalue weighted by atomic mass is 35.5. The predicted molar refractivity (Wildman–Crippen MR) is 81.2 cm³/mol. The molecule has 1 aromatic carbocycles. The molecule has 1 N–H and O–H groups in total. The van der Waals surface area contributed by atoms with Crippen LogP contribution in [0.4, 0.5) is 0 Å².